The third-order valence-electron chi connectivity index (χ3n) is 5.47. The van der Waals surface area contributed by atoms with E-state index in [2.05, 4.69) is 5.32 Å². The molecule has 0 atom stereocenters. The van der Waals surface area contributed by atoms with E-state index in [4.69, 9.17) is 13.9 Å². The van der Waals surface area contributed by atoms with Gasteiger partial charge in [-0.3, -0.25) is 4.79 Å². The number of nitrogens with one attached hydrogen (secondary N) is 1. The number of morpholine rings is 1. The number of benzene rings is 2. The Labute approximate surface area is 192 Å². The summed E-state index contributed by atoms with van der Waals surface area (Å²) in [5.74, 6) is 0.735. The van der Waals surface area contributed by atoms with Crippen LogP contribution in [0.2, 0.25) is 0 Å². The second-order valence-corrected chi connectivity index (χ2v) is 9.43. The van der Waals surface area contributed by atoms with E-state index in [-0.39, 0.29) is 23.7 Å². The normalized spacial score (nSPS) is 15.2. The second-order valence-electron chi connectivity index (χ2n) is 7.49. The summed E-state index contributed by atoms with van der Waals surface area (Å²) in [4.78, 5) is 12.8. The minimum atomic E-state index is -3.71. The molecule has 0 spiro atoms. The molecule has 174 valence electrons. The van der Waals surface area contributed by atoms with E-state index in [0.29, 0.717) is 25.4 Å². The highest BCUT2D eigenvalue weighted by Gasteiger charge is 2.27. The molecule has 1 N–H and O–H groups in total. The first kappa shape index (κ1) is 23.0. The van der Waals surface area contributed by atoms with Gasteiger partial charge in [0.25, 0.3) is 0 Å². The van der Waals surface area contributed by atoms with Crippen molar-refractivity contribution in [1.29, 1.82) is 0 Å². The van der Waals surface area contributed by atoms with Gasteiger partial charge in [0, 0.05) is 36.5 Å². The summed E-state index contributed by atoms with van der Waals surface area (Å²) in [6.45, 7) is 3.27. The number of methoxy groups -OCH3 is 1. The van der Waals surface area contributed by atoms with Crippen molar-refractivity contribution in [3.8, 4) is 5.75 Å². The van der Waals surface area contributed by atoms with Crippen molar-refractivity contribution in [2.45, 2.75) is 18.2 Å². The number of hydrogen-bond donors (Lipinski definition) is 1. The Kier molecular flexibility index (Phi) is 6.83. The number of para-hydroxylation sites is 1. The molecule has 1 amide bonds. The second kappa shape index (κ2) is 9.78. The fraction of sp³-hybridized carbons (Fsp3) is 0.292. The van der Waals surface area contributed by atoms with Crippen LogP contribution in [0.15, 0.2) is 57.9 Å². The average molecular weight is 471 g/mol. The van der Waals surface area contributed by atoms with Crippen LogP contribution in [0, 0.1) is 0 Å². The Morgan fingerprint density at radius 1 is 1.18 bits per heavy atom. The van der Waals surface area contributed by atoms with Crippen LogP contribution < -0.4 is 10.1 Å². The molecule has 1 aromatic heterocycles. The molecule has 1 aliphatic heterocycles. The summed E-state index contributed by atoms with van der Waals surface area (Å²) >= 11 is 0. The quantitative estimate of drug-likeness (QED) is 0.529. The van der Waals surface area contributed by atoms with Crippen LogP contribution in [0.4, 0.5) is 5.69 Å². The highest BCUT2D eigenvalue weighted by molar-refractivity contribution is 7.89. The first-order valence-electron chi connectivity index (χ1n) is 10.7. The molecule has 0 bridgehead atoms. The van der Waals surface area contributed by atoms with Gasteiger partial charge in [-0.05, 0) is 30.3 Å². The molecule has 1 aliphatic rings. The Bertz CT molecular complexity index is 1290. The lowest BCUT2D eigenvalue weighted by Crippen LogP contribution is -2.40. The molecule has 0 aliphatic carbocycles. The van der Waals surface area contributed by atoms with Gasteiger partial charge >= 0.3 is 0 Å². The average Bonchev–Trinajstić information content (AvgIpc) is 3.21. The zero-order valence-electron chi connectivity index (χ0n) is 18.5. The Hall–Kier alpha value is -3.14. The van der Waals surface area contributed by atoms with Crippen molar-refractivity contribution in [3.05, 3.63) is 59.9 Å². The van der Waals surface area contributed by atoms with Gasteiger partial charge in [-0.15, -0.1) is 0 Å². The summed E-state index contributed by atoms with van der Waals surface area (Å²) in [5, 5.41) is 3.66. The number of rotatable bonds is 7. The maximum atomic E-state index is 13.0. The van der Waals surface area contributed by atoms with Crippen LogP contribution in [0.5, 0.6) is 5.75 Å². The van der Waals surface area contributed by atoms with E-state index in [0.717, 1.165) is 22.3 Å². The summed E-state index contributed by atoms with van der Waals surface area (Å²) in [7, 11) is -2.25. The number of sulfonamides is 1. The number of carbonyl (C=O) groups is 1. The minimum absolute atomic E-state index is 0.0820. The van der Waals surface area contributed by atoms with Gasteiger partial charge in [-0.25, -0.2) is 8.42 Å². The third kappa shape index (κ3) is 4.80. The number of fused-ring (bicyclic) bond motifs is 1. The molecule has 0 saturated carbocycles. The third-order valence-corrected chi connectivity index (χ3v) is 7.36. The molecule has 3 aromatic rings. The molecule has 2 aromatic carbocycles. The lowest BCUT2D eigenvalue weighted by molar-refractivity contribution is -0.111. The number of amides is 1. The standard InChI is InChI=1S/C24H26N2O6S/c1-3-21-19(18-6-4-5-7-22(18)32-21)9-11-24(27)25-20-16-17(8-10-23(20)30-2)33(28,29)26-12-14-31-15-13-26/h4-11,16H,3,12-15H2,1-2H3,(H,25,27). The number of furan rings is 1. The molecule has 0 radical (unpaired) electrons. The van der Waals surface area contributed by atoms with Gasteiger partial charge in [0.05, 0.1) is 30.9 Å². The monoisotopic (exact) mass is 470 g/mol. The molecular formula is C24H26N2O6S. The number of ether oxygens (including phenoxy) is 2. The highest BCUT2D eigenvalue weighted by Crippen LogP contribution is 2.30. The summed E-state index contributed by atoms with van der Waals surface area (Å²) in [6.07, 6.45) is 3.80. The zero-order chi connectivity index (χ0) is 23.4. The molecule has 8 nitrogen and oxygen atoms in total. The number of carbonyl (C=O) groups excluding carboxylic acids is 1. The molecule has 0 unspecified atom stereocenters. The van der Waals surface area contributed by atoms with Crippen LogP contribution in [0.3, 0.4) is 0 Å². The molecule has 1 fully saturated rings. The SMILES string of the molecule is CCc1oc2ccccc2c1C=CC(=O)Nc1cc(S(=O)(=O)N2CCOCC2)ccc1OC. The number of hydrogen-bond acceptors (Lipinski definition) is 6. The maximum absolute atomic E-state index is 13.0. The van der Waals surface area contributed by atoms with Gasteiger partial charge in [0.15, 0.2) is 0 Å². The number of nitrogens with zero attached hydrogens (tertiary/aromatic N) is 1. The van der Waals surface area contributed by atoms with Crippen molar-refractivity contribution in [3.63, 3.8) is 0 Å². The predicted octanol–water partition coefficient (Wildman–Crippen LogP) is 3.68. The lowest BCUT2D eigenvalue weighted by atomic mass is 10.1. The van der Waals surface area contributed by atoms with Crippen molar-refractivity contribution in [2.75, 3.05) is 38.7 Å². The lowest BCUT2D eigenvalue weighted by Gasteiger charge is -2.26. The fourth-order valence-corrected chi connectivity index (χ4v) is 5.21. The highest BCUT2D eigenvalue weighted by atomic mass is 32.2. The first-order chi connectivity index (χ1) is 15.9. The van der Waals surface area contributed by atoms with Crippen molar-refractivity contribution >= 4 is 38.7 Å². The van der Waals surface area contributed by atoms with Crippen molar-refractivity contribution in [2.24, 2.45) is 0 Å². The van der Waals surface area contributed by atoms with Crippen LogP contribution in [-0.4, -0.2) is 52.0 Å². The minimum Gasteiger partial charge on any atom is -0.495 e. The smallest absolute Gasteiger partial charge is 0.248 e. The van der Waals surface area contributed by atoms with E-state index in [1.54, 1.807) is 6.08 Å². The van der Waals surface area contributed by atoms with E-state index in [1.807, 2.05) is 31.2 Å². The van der Waals surface area contributed by atoms with Crippen molar-refractivity contribution in [1.82, 2.24) is 4.31 Å². The van der Waals surface area contributed by atoms with Gasteiger partial charge in [0.1, 0.15) is 17.1 Å². The van der Waals surface area contributed by atoms with Gasteiger partial charge in [0.2, 0.25) is 15.9 Å². The van der Waals surface area contributed by atoms with Crippen LogP contribution in [-0.2, 0) is 26.0 Å². The van der Waals surface area contributed by atoms with E-state index >= 15 is 0 Å². The van der Waals surface area contributed by atoms with E-state index in [9.17, 15) is 13.2 Å². The molecule has 2 heterocycles. The fourth-order valence-electron chi connectivity index (χ4n) is 3.78. The Balaban J connectivity index is 1.58. The first-order valence-corrected chi connectivity index (χ1v) is 12.1. The Morgan fingerprint density at radius 2 is 1.94 bits per heavy atom. The maximum Gasteiger partial charge on any atom is 0.248 e. The van der Waals surface area contributed by atoms with Gasteiger partial charge in [-0.1, -0.05) is 25.1 Å². The van der Waals surface area contributed by atoms with Gasteiger partial charge < -0.3 is 19.2 Å². The molecular weight excluding hydrogens is 444 g/mol. The van der Waals surface area contributed by atoms with Crippen LogP contribution in [0.1, 0.15) is 18.2 Å². The number of anilines is 1. The molecule has 9 heteroatoms. The van der Waals surface area contributed by atoms with Crippen LogP contribution in [0.25, 0.3) is 17.0 Å². The largest absolute Gasteiger partial charge is 0.495 e. The molecule has 4 rings (SSSR count). The molecule has 1 saturated heterocycles. The van der Waals surface area contributed by atoms with Crippen LogP contribution >= 0.6 is 0 Å². The van der Waals surface area contributed by atoms with E-state index in [1.165, 1.54) is 35.7 Å². The summed E-state index contributed by atoms with van der Waals surface area (Å²) in [6, 6.07) is 12.1. The topological polar surface area (TPSA) is 98.1 Å². The zero-order valence-corrected chi connectivity index (χ0v) is 19.4. The molecule has 33 heavy (non-hydrogen) atoms. The van der Waals surface area contributed by atoms with E-state index < -0.39 is 15.9 Å². The van der Waals surface area contributed by atoms with Crippen molar-refractivity contribution < 1.29 is 27.1 Å². The predicted molar refractivity (Wildman–Crippen MR) is 126 cm³/mol. The summed E-state index contributed by atoms with van der Waals surface area (Å²) in [5.41, 5.74) is 1.88. The van der Waals surface area contributed by atoms with Gasteiger partial charge in [-0.2, -0.15) is 4.31 Å². The Morgan fingerprint density at radius 3 is 2.67 bits per heavy atom. The number of aryl methyl sites for hydroxylation is 1. The summed E-state index contributed by atoms with van der Waals surface area (Å²) < 4.78 is 43.8.